The summed E-state index contributed by atoms with van der Waals surface area (Å²) < 4.78 is 28.7. The molecule has 1 heterocycles. The van der Waals surface area contributed by atoms with Gasteiger partial charge in [0.1, 0.15) is 0 Å². The molecule has 21 heavy (non-hydrogen) atoms. The Balaban J connectivity index is 1.76. The molecule has 0 radical (unpaired) electrons. The molecule has 0 bridgehead atoms. The Kier molecular flexibility index (Phi) is 4.68. The standard InChI is InChI=1S/C12H21N3O3P2S/c1-9(16)8-14-7-6-12(13-14)21(17,18)15(19-10-2-3-10)20-11-4-5-11/h6-7,9-11,16,19-20H,2-5,8H2,1H3/t9-/m1/s1. The minimum Gasteiger partial charge on any atom is -0.391 e. The SMILES string of the molecule is C[C@@H](O)Cn1ccc(S(=O)(=O)N(PC2CC2)PC2CC2)n1. The molecule has 3 rings (SSSR count). The molecule has 1 N–H and O–H groups in total. The van der Waals surface area contributed by atoms with Crippen LogP contribution in [0.4, 0.5) is 0 Å². The van der Waals surface area contributed by atoms with Gasteiger partial charge in [-0.05, 0) is 67.5 Å². The summed E-state index contributed by atoms with van der Waals surface area (Å²) >= 11 is 0. The molecule has 1 aromatic heterocycles. The lowest BCUT2D eigenvalue weighted by Gasteiger charge is -2.20. The average Bonchev–Trinajstić information content (AvgIpc) is 3.31. The van der Waals surface area contributed by atoms with Crippen LogP contribution in [0, 0.1) is 0 Å². The largest absolute Gasteiger partial charge is 0.391 e. The lowest BCUT2D eigenvalue weighted by molar-refractivity contribution is 0.168. The Morgan fingerprint density at radius 1 is 1.38 bits per heavy atom. The van der Waals surface area contributed by atoms with Gasteiger partial charge < -0.3 is 5.11 Å². The Morgan fingerprint density at radius 3 is 2.43 bits per heavy atom. The molecule has 6 nitrogen and oxygen atoms in total. The highest BCUT2D eigenvalue weighted by Crippen LogP contribution is 2.54. The topological polar surface area (TPSA) is 75.4 Å². The van der Waals surface area contributed by atoms with Crippen molar-refractivity contribution >= 4 is 27.5 Å². The molecule has 3 atom stereocenters. The molecule has 2 fully saturated rings. The van der Waals surface area contributed by atoms with Gasteiger partial charge in [0.2, 0.25) is 0 Å². The van der Waals surface area contributed by atoms with Crippen molar-refractivity contribution in [3.05, 3.63) is 12.3 Å². The second kappa shape index (κ2) is 6.21. The van der Waals surface area contributed by atoms with Gasteiger partial charge in [-0.1, -0.05) is 0 Å². The first-order valence-electron chi connectivity index (χ1n) is 7.24. The number of aliphatic hydroxyl groups is 1. The average molecular weight is 349 g/mol. The monoisotopic (exact) mass is 349 g/mol. The van der Waals surface area contributed by atoms with Crippen molar-refractivity contribution in [2.75, 3.05) is 0 Å². The molecular weight excluding hydrogens is 328 g/mol. The van der Waals surface area contributed by atoms with Crippen LogP contribution >= 0.6 is 17.5 Å². The fraction of sp³-hybridized carbons (Fsp3) is 0.750. The summed E-state index contributed by atoms with van der Waals surface area (Å²) in [4.78, 5) is 0. The minimum absolute atomic E-state index is 0.115. The van der Waals surface area contributed by atoms with Crippen LogP contribution < -0.4 is 0 Å². The smallest absolute Gasteiger partial charge is 0.268 e. The summed E-state index contributed by atoms with van der Waals surface area (Å²) in [5.41, 5.74) is 1.12. The molecule has 118 valence electrons. The van der Waals surface area contributed by atoms with Gasteiger partial charge in [-0.15, -0.1) is 0 Å². The van der Waals surface area contributed by atoms with Crippen molar-refractivity contribution in [2.24, 2.45) is 0 Å². The van der Waals surface area contributed by atoms with Gasteiger partial charge in [-0.3, -0.25) is 4.68 Å². The fourth-order valence-corrected chi connectivity index (χ4v) is 7.98. The van der Waals surface area contributed by atoms with Crippen LogP contribution in [0.5, 0.6) is 0 Å². The summed E-state index contributed by atoms with van der Waals surface area (Å²) in [6.07, 6.45) is 5.68. The molecule has 0 amide bonds. The summed E-state index contributed by atoms with van der Waals surface area (Å²) in [6.45, 7) is 1.97. The van der Waals surface area contributed by atoms with Gasteiger partial charge in [-0.25, -0.2) is 8.42 Å². The summed E-state index contributed by atoms with van der Waals surface area (Å²) in [6, 6.07) is 1.54. The Bertz CT molecular complexity index is 583. The number of rotatable bonds is 8. The Labute approximate surface area is 129 Å². The van der Waals surface area contributed by atoms with Crippen molar-refractivity contribution in [1.82, 2.24) is 13.6 Å². The highest BCUT2D eigenvalue weighted by Gasteiger charge is 2.37. The Hall–Kier alpha value is -0.0600. The summed E-state index contributed by atoms with van der Waals surface area (Å²) in [7, 11) is -2.75. The van der Waals surface area contributed by atoms with Crippen molar-refractivity contribution in [2.45, 2.75) is 61.6 Å². The first-order chi connectivity index (χ1) is 9.95. The van der Waals surface area contributed by atoms with E-state index in [1.54, 1.807) is 23.0 Å². The second-order valence-electron chi connectivity index (χ2n) is 5.80. The van der Waals surface area contributed by atoms with E-state index >= 15 is 0 Å². The third kappa shape index (κ3) is 4.23. The van der Waals surface area contributed by atoms with Gasteiger partial charge in [0.25, 0.3) is 10.0 Å². The van der Waals surface area contributed by atoms with Crippen molar-refractivity contribution in [3.8, 4) is 0 Å². The third-order valence-corrected chi connectivity index (χ3v) is 9.76. The maximum atomic E-state index is 12.8. The van der Waals surface area contributed by atoms with E-state index in [2.05, 4.69) is 5.10 Å². The van der Waals surface area contributed by atoms with Gasteiger partial charge in [0.15, 0.2) is 5.03 Å². The van der Waals surface area contributed by atoms with Crippen LogP contribution in [0.1, 0.15) is 32.6 Å². The first-order valence-corrected chi connectivity index (χ1v) is 10.7. The summed E-state index contributed by atoms with van der Waals surface area (Å²) in [5, 5.41) is 13.6. The van der Waals surface area contributed by atoms with Crippen molar-refractivity contribution in [1.29, 1.82) is 0 Å². The predicted octanol–water partition coefficient (Wildman–Crippen LogP) is 1.77. The fourth-order valence-electron chi connectivity index (χ4n) is 1.88. The van der Waals surface area contributed by atoms with E-state index in [9.17, 15) is 13.5 Å². The van der Waals surface area contributed by atoms with Crippen LogP contribution in [-0.4, -0.2) is 44.6 Å². The molecule has 1 aromatic rings. The lowest BCUT2D eigenvalue weighted by Crippen LogP contribution is -2.19. The van der Waals surface area contributed by atoms with E-state index in [0.29, 0.717) is 35.3 Å². The maximum absolute atomic E-state index is 12.8. The number of aliphatic hydroxyl groups excluding tert-OH is 1. The molecule has 0 aromatic carbocycles. The number of aromatic nitrogens is 2. The molecule has 2 saturated carbocycles. The lowest BCUT2D eigenvalue weighted by atomic mass is 10.4. The van der Waals surface area contributed by atoms with E-state index in [1.807, 2.05) is 0 Å². The molecular formula is C12H21N3O3P2S. The molecule has 2 aliphatic carbocycles. The number of hydrogen-bond acceptors (Lipinski definition) is 4. The van der Waals surface area contributed by atoms with Crippen LogP contribution in [0.2, 0.25) is 0 Å². The van der Waals surface area contributed by atoms with E-state index in [-0.39, 0.29) is 5.03 Å². The molecule has 9 heteroatoms. The van der Waals surface area contributed by atoms with Crippen LogP contribution in [0.15, 0.2) is 17.3 Å². The van der Waals surface area contributed by atoms with Gasteiger partial charge >= 0.3 is 0 Å². The molecule has 0 spiro atoms. The van der Waals surface area contributed by atoms with E-state index < -0.39 is 16.1 Å². The molecule has 0 aliphatic heterocycles. The Morgan fingerprint density at radius 2 is 1.95 bits per heavy atom. The number of hydrogen-bond donors (Lipinski definition) is 1. The predicted molar refractivity (Wildman–Crippen MR) is 85.6 cm³/mol. The highest BCUT2D eigenvalue weighted by molar-refractivity contribution is 7.97. The highest BCUT2D eigenvalue weighted by atomic mass is 32.2. The van der Waals surface area contributed by atoms with Crippen molar-refractivity contribution in [3.63, 3.8) is 0 Å². The minimum atomic E-state index is -3.48. The second-order valence-corrected chi connectivity index (χ2v) is 11.7. The third-order valence-electron chi connectivity index (χ3n) is 3.33. The van der Waals surface area contributed by atoms with Crippen molar-refractivity contribution < 1.29 is 13.5 Å². The zero-order chi connectivity index (χ0) is 15.0. The molecule has 2 unspecified atom stereocenters. The normalized spacial score (nSPS) is 22.0. The summed E-state index contributed by atoms with van der Waals surface area (Å²) in [5.74, 6) is 0. The molecule has 0 saturated heterocycles. The van der Waals surface area contributed by atoms with Gasteiger partial charge in [0.05, 0.1) is 12.6 Å². The number of sulfonamides is 1. The van der Waals surface area contributed by atoms with Gasteiger partial charge in [0, 0.05) is 6.20 Å². The van der Waals surface area contributed by atoms with Crippen LogP contribution in [0.3, 0.4) is 0 Å². The van der Waals surface area contributed by atoms with E-state index in [4.69, 9.17) is 0 Å². The zero-order valence-electron chi connectivity index (χ0n) is 11.9. The zero-order valence-corrected chi connectivity index (χ0v) is 14.8. The number of nitrogens with zero attached hydrogens (tertiary/aromatic N) is 3. The first kappa shape index (κ1) is 15.8. The van der Waals surface area contributed by atoms with Crippen LogP contribution in [-0.2, 0) is 16.6 Å². The van der Waals surface area contributed by atoms with Gasteiger partial charge in [-0.2, -0.15) is 8.94 Å². The van der Waals surface area contributed by atoms with E-state index in [0.717, 1.165) is 25.7 Å². The molecule has 2 aliphatic rings. The quantitative estimate of drug-likeness (QED) is 0.726. The van der Waals surface area contributed by atoms with E-state index in [1.165, 1.54) is 4.68 Å². The van der Waals surface area contributed by atoms with Crippen LogP contribution in [0.25, 0.3) is 0 Å². The maximum Gasteiger partial charge on any atom is 0.268 e.